The lowest BCUT2D eigenvalue weighted by Crippen LogP contribution is -2.73. The van der Waals surface area contributed by atoms with Crippen molar-refractivity contribution in [1.82, 2.24) is 0 Å². The Bertz CT molecular complexity index is 569. The molecule has 0 aromatic rings. The van der Waals surface area contributed by atoms with E-state index >= 15 is 0 Å². The molecule has 182 valence electrons. The topological polar surface area (TPSA) is 29.5 Å². The fourth-order valence-electron chi connectivity index (χ4n) is 1.79. The van der Waals surface area contributed by atoms with Gasteiger partial charge in [0.15, 0.2) is 0 Å². The summed E-state index contributed by atoms with van der Waals surface area (Å²) in [4.78, 5) is 0. The highest BCUT2D eigenvalue weighted by molar-refractivity contribution is 5.13. The second-order valence-corrected chi connectivity index (χ2v) is 5.92. The van der Waals surface area contributed by atoms with Crippen LogP contribution in [-0.2, 0) is 4.74 Å². The molecule has 0 fully saturated rings. The molecule has 1 atom stereocenters. The van der Waals surface area contributed by atoms with Crippen LogP contribution in [0, 0.1) is 0 Å². The van der Waals surface area contributed by atoms with Crippen molar-refractivity contribution in [2.24, 2.45) is 0 Å². The Labute approximate surface area is 158 Å². The van der Waals surface area contributed by atoms with E-state index in [2.05, 4.69) is 4.74 Å². The standard InChI is InChI=1S/C13H13F15O2/c1-2-3-4-5-30-6(29)7(14,15)8(16,17)9(18,19)10(20,21)11(22,23)12(24,25)13(26,27)28/h6,29H,2-5H2,1H3. The van der Waals surface area contributed by atoms with E-state index in [0.717, 1.165) is 0 Å². The summed E-state index contributed by atoms with van der Waals surface area (Å²) in [5, 5.41) is 8.79. The molecule has 0 aliphatic heterocycles. The molecule has 0 saturated heterocycles. The van der Waals surface area contributed by atoms with E-state index in [0.29, 0.717) is 6.42 Å². The summed E-state index contributed by atoms with van der Waals surface area (Å²) in [6, 6.07) is 0. The number of alkyl halides is 15. The van der Waals surface area contributed by atoms with Crippen LogP contribution in [0.25, 0.3) is 0 Å². The normalized spacial score (nSPS) is 16.7. The molecule has 30 heavy (non-hydrogen) atoms. The summed E-state index contributed by atoms with van der Waals surface area (Å²) in [7, 11) is 0. The number of rotatable bonds is 11. The van der Waals surface area contributed by atoms with Crippen molar-refractivity contribution in [3.05, 3.63) is 0 Å². The number of ether oxygens (including phenoxy) is 1. The van der Waals surface area contributed by atoms with Crippen molar-refractivity contribution in [3.8, 4) is 0 Å². The maximum atomic E-state index is 13.5. The Morgan fingerprint density at radius 1 is 0.600 bits per heavy atom. The molecule has 0 bridgehead atoms. The van der Waals surface area contributed by atoms with E-state index in [1.54, 1.807) is 0 Å². The van der Waals surface area contributed by atoms with Gasteiger partial charge in [0.1, 0.15) is 0 Å². The molecule has 0 radical (unpaired) electrons. The molecule has 1 unspecified atom stereocenters. The smallest absolute Gasteiger partial charge is 0.363 e. The molecule has 1 N–H and O–H groups in total. The van der Waals surface area contributed by atoms with Gasteiger partial charge in [0.05, 0.1) is 0 Å². The quantitative estimate of drug-likeness (QED) is 0.225. The van der Waals surface area contributed by atoms with Crippen LogP contribution in [0.15, 0.2) is 0 Å². The first-order chi connectivity index (χ1) is 13.0. The van der Waals surface area contributed by atoms with Crippen molar-refractivity contribution in [2.45, 2.75) is 74.2 Å². The zero-order valence-electron chi connectivity index (χ0n) is 14.4. The van der Waals surface area contributed by atoms with E-state index in [9.17, 15) is 65.9 Å². The Hall–Kier alpha value is -1.13. The van der Waals surface area contributed by atoms with Gasteiger partial charge in [-0.1, -0.05) is 19.8 Å². The maximum Gasteiger partial charge on any atom is 0.460 e. The molecule has 0 heterocycles. The second-order valence-electron chi connectivity index (χ2n) is 5.92. The molecule has 0 aliphatic rings. The first-order valence-corrected chi connectivity index (χ1v) is 7.61. The van der Waals surface area contributed by atoms with Gasteiger partial charge in [0.2, 0.25) is 6.29 Å². The Morgan fingerprint density at radius 2 is 0.967 bits per heavy atom. The third-order valence-corrected chi connectivity index (χ3v) is 3.69. The van der Waals surface area contributed by atoms with E-state index in [1.165, 1.54) is 6.92 Å². The first-order valence-electron chi connectivity index (χ1n) is 7.61. The zero-order valence-corrected chi connectivity index (χ0v) is 14.4. The van der Waals surface area contributed by atoms with E-state index < -0.39 is 54.6 Å². The average Bonchev–Trinajstić information content (AvgIpc) is 2.56. The van der Waals surface area contributed by atoms with Gasteiger partial charge in [-0.25, -0.2) is 0 Å². The van der Waals surface area contributed by atoms with Gasteiger partial charge >= 0.3 is 41.7 Å². The predicted octanol–water partition coefficient (Wildman–Crippen LogP) is 5.89. The minimum Gasteiger partial charge on any atom is -0.363 e. The monoisotopic (exact) mass is 486 g/mol. The minimum absolute atomic E-state index is 0.154. The molecular formula is C13H13F15O2. The molecule has 2 nitrogen and oxygen atoms in total. The number of aliphatic hydroxyl groups is 1. The summed E-state index contributed by atoms with van der Waals surface area (Å²) < 4.78 is 198. The van der Waals surface area contributed by atoms with Gasteiger partial charge in [0.25, 0.3) is 0 Å². The lowest BCUT2D eigenvalue weighted by Gasteiger charge is -2.42. The van der Waals surface area contributed by atoms with Crippen LogP contribution >= 0.6 is 0 Å². The minimum atomic E-state index is -8.38. The van der Waals surface area contributed by atoms with Gasteiger partial charge in [-0.15, -0.1) is 0 Å². The van der Waals surface area contributed by atoms with E-state index in [1.807, 2.05) is 0 Å². The molecule has 17 heteroatoms. The van der Waals surface area contributed by atoms with Gasteiger partial charge in [-0.2, -0.15) is 65.9 Å². The fourth-order valence-corrected chi connectivity index (χ4v) is 1.79. The van der Waals surface area contributed by atoms with Crippen LogP contribution in [0.3, 0.4) is 0 Å². The van der Waals surface area contributed by atoms with Crippen LogP contribution in [0.4, 0.5) is 65.9 Å². The van der Waals surface area contributed by atoms with E-state index in [4.69, 9.17) is 5.11 Å². The Kier molecular flexibility index (Phi) is 8.11. The highest BCUT2D eigenvalue weighted by atomic mass is 19.4. The molecular weight excluding hydrogens is 473 g/mol. The Morgan fingerprint density at radius 3 is 1.33 bits per heavy atom. The largest absolute Gasteiger partial charge is 0.460 e. The molecule has 0 amide bonds. The summed E-state index contributed by atoms with van der Waals surface area (Å²) in [5.41, 5.74) is 0. The number of hydrogen-bond donors (Lipinski definition) is 1. The van der Waals surface area contributed by atoms with Gasteiger partial charge in [0, 0.05) is 6.61 Å². The molecule has 0 rings (SSSR count). The maximum absolute atomic E-state index is 13.5. The molecule has 0 saturated carbocycles. The summed E-state index contributed by atoms with van der Waals surface area (Å²) >= 11 is 0. The third-order valence-electron chi connectivity index (χ3n) is 3.69. The number of hydrogen-bond acceptors (Lipinski definition) is 2. The summed E-state index contributed by atoms with van der Waals surface area (Å²) in [6.07, 6.45) is -11.7. The number of unbranched alkanes of at least 4 members (excludes halogenated alkanes) is 2. The summed E-state index contributed by atoms with van der Waals surface area (Å²) in [5.74, 6) is -47.6. The highest BCUT2D eigenvalue weighted by Crippen LogP contribution is 2.62. The van der Waals surface area contributed by atoms with Gasteiger partial charge < -0.3 is 9.84 Å². The van der Waals surface area contributed by atoms with E-state index in [-0.39, 0.29) is 12.8 Å². The lowest BCUT2D eigenvalue weighted by molar-refractivity contribution is -0.461. The van der Waals surface area contributed by atoms with Crippen molar-refractivity contribution < 1.29 is 75.7 Å². The number of aliphatic hydroxyl groups excluding tert-OH is 1. The highest BCUT2D eigenvalue weighted by Gasteiger charge is 2.93. The average molecular weight is 486 g/mol. The molecule has 0 aliphatic carbocycles. The first kappa shape index (κ1) is 28.9. The van der Waals surface area contributed by atoms with Gasteiger partial charge in [-0.3, -0.25) is 0 Å². The molecule has 0 aromatic heterocycles. The van der Waals surface area contributed by atoms with Crippen molar-refractivity contribution in [3.63, 3.8) is 0 Å². The van der Waals surface area contributed by atoms with Crippen molar-refractivity contribution in [1.29, 1.82) is 0 Å². The van der Waals surface area contributed by atoms with Crippen LogP contribution in [0.2, 0.25) is 0 Å². The molecule has 0 spiro atoms. The van der Waals surface area contributed by atoms with Crippen LogP contribution < -0.4 is 0 Å². The van der Waals surface area contributed by atoms with Crippen molar-refractivity contribution >= 4 is 0 Å². The zero-order chi connectivity index (χ0) is 24.6. The van der Waals surface area contributed by atoms with Crippen LogP contribution in [0.1, 0.15) is 26.2 Å². The van der Waals surface area contributed by atoms with Crippen LogP contribution in [-0.4, -0.2) is 59.7 Å². The molecule has 0 aromatic carbocycles. The SMILES string of the molecule is CCCCCOC(O)C(F)(F)C(F)(F)C(F)(F)C(F)(F)C(F)(F)C(F)(F)C(F)(F)F. The summed E-state index contributed by atoms with van der Waals surface area (Å²) in [6.45, 7) is 0.490. The van der Waals surface area contributed by atoms with Crippen LogP contribution in [0.5, 0.6) is 0 Å². The third kappa shape index (κ3) is 4.27. The second kappa shape index (κ2) is 8.43. The fraction of sp³-hybridized carbons (Fsp3) is 1.00. The number of halogens is 15. The predicted molar refractivity (Wildman–Crippen MR) is 67.2 cm³/mol. The lowest BCUT2D eigenvalue weighted by atomic mass is 9.91. The van der Waals surface area contributed by atoms with Gasteiger partial charge in [-0.05, 0) is 6.42 Å². The Balaban J connectivity index is 6.16. The van der Waals surface area contributed by atoms with Crippen molar-refractivity contribution in [2.75, 3.05) is 6.61 Å².